The van der Waals surface area contributed by atoms with E-state index in [-0.39, 0.29) is 29.3 Å². The van der Waals surface area contributed by atoms with Gasteiger partial charge >= 0.3 is 5.97 Å². The van der Waals surface area contributed by atoms with Crippen molar-refractivity contribution in [1.29, 1.82) is 0 Å². The zero-order valence-corrected chi connectivity index (χ0v) is 24.3. The molecule has 39 heavy (non-hydrogen) atoms. The quantitative estimate of drug-likeness (QED) is 0.274. The Morgan fingerprint density at radius 1 is 1.10 bits per heavy atom. The van der Waals surface area contributed by atoms with Gasteiger partial charge in [-0.15, -0.1) is 0 Å². The summed E-state index contributed by atoms with van der Waals surface area (Å²) in [7, 11) is 6.06. The van der Waals surface area contributed by atoms with Crippen LogP contribution in [0.25, 0.3) is 16.5 Å². The molecule has 1 aromatic heterocycles. The highest BCUT2D eigenvalue weighted by atomic mass is 16.5. The molecule has 7 unspecified atom stereocenters. The summed E-state index contributed by atoms with van der Waals surface area (Å²) in [5, 5.41) is 15.8. The highest BCUT2D eigenvalue weighted by Crippen LogP contribution is 2.66. The number of allylic oxidation sites excluding steroid dienone is 3. The standard InChI is InChI=1S/C33H45N2O4/c1-32-16-14-23(38-30(37)19-22(36)20-35(3,4)5)18-21(32)10-11-24-26-12-13-28(33(26,2)17-15-27(24)32)31-25-8-6-7-9-29(25)34-39-31/h6-10,13,22-24,26-27,36H,11-12,14-20H2,1-5H3/q+1. The van der Waals surface area contributed by atoms with Crippen molar-refractivity contribution in [1.82, 2.24) is 5.16 Å². The molecule has 6 nitrogen and oxygen atoms in total. The largest absolute Gasteiger partial charge is 0.462 e. The molecule has 210 valence electrons. The van der Waals surface area contributed by atoms with Crippen LogP contribution < -0.4 is 0 Å². The lowest BCUT2D eigenvalue weighted by Gasteiger charge is -2.57. The molecule has 6 rings (SSSR count). The van der Waals surface area contributed by atoms with Crippen LogP contribution in [0.3, 0.4) is 0 Å². The maximum atomic E-state index is 12.6. The van der Waals surface area contributed by atoms with E-state index < -0.39 is 6.10 Å². The minimum Gasteiger partial charge on any atom is -0.462 e. The van der Waals surface area contributed by atoms with Crippen LogP contribution in [0.5, 0.6) is 0 Å². The molecule has 4 aliphatic carbocycles. The predicted molar refractivity (Wildman–Crippen MR) is 152 cm³/mol. The second-order valence-corrected chi connectivity index (χ2v) is 14.3. The molecule has 7 atom stereocenters. The molecule has 2 aromatic rings. The lowest BCUT2D eigenvalue weighted by molar-refractivity contribution is -0.873. The van der Waals surface area contributed by atoms with Gasteiger partial charge in [0.15, 0.2) is 5.76 Å². The van der Waals surface area contributed by atoms with Gasteiger partial charge < -0.3 is 18.8 Å². The van der Waals surface area contributed by atoms with Crippen LogP contribution in [-0.4, -0.2) is 60.6 Å². The van der Waals surface area contributed by atoms with Crippen LogP contribution in [0.15, 0.2) is 46.5 Å². The smallest absolute Gasteiger partial charge is 0.308 e. The van der Waals surface area contributed by atoms with Crippen LogP contribution in [0, 0.1) is 28.6 Å². The van der Waals surface area contributed by atoms with E-state index in [9.17, 15) is 9.90 Å². The van der Waals surface area contributed by atoms with Gasteiger partial charge in [0.05, 0.1) is 27.6 Å². The van der Waals surface area contributed by atoms with Crippen LogP contribution in [-0.2, 0) is 9.53 Å². The minimum absolute atomic E-state index is 0.0713. The molecular formula is C33H45N2O4+. The van der Waals surface area contributed by atoms with E-state index in [0.29, 0.717) is 28.8 Å². The van der Waals surface area contributed by atoms with E-state index in [1.54, 1.807) is 0 Å². The number of quaternary nitrogens is 1. The fraction of sp³-hybridized carbons (Fsp3) is 0.636. The van der Waals surface area contributed by atoms with Gasteiger partial charge in [0, 0.05) is 17.4 Å². The van der Waals surface area contributed by atoms with Crippen LogP contribution in [0.1, 0.15) is 71.0 Å². The molecule has 1 aromatic carbocycles. The van der Waals surface area contributed by atoms with Gasteiger partial charge in [-0.05, 0) is 79.2 Å². The average molecular weight is 534 g/mol. The van der Waals surface area contributed by atoms with E-state index >= 15 is 0 Å². The number of nitrogens with zero attached hydrogens (tertiary/aromatic N) is 2. The first-order chi connectivity index (χ1) is 18.5. The number of aliphatic hydroxyl groups excluding tert-OH is 1. The Labute approximate surface area is 232 Å². The van der Waals surface area contributed by atoms with Crippen molar-refractivity contribution < 1.29 is 23.6 Å². The zero-order valence-electron chi connectivity index (χ0n) is 24.3. The molecule has 0 amide bonds. The number of likely N-dealkylation sites (N-methyl/N-ethyl adjacent to an activating group) is 1. The number of carbonyl (C=O) groups is 1. The number of aliphatic hydroxyl groups is 1. The lowest BCUT2D eigenvalue weighted by atomic mass is 9.47. The maximum Gasteiger partial charge on any atom is 0.308 e. The van der Waals surface area contributed by atoms with Crippen molar-refractivity contribution in [3.05, 3.63) is 47.8 Å². The molecule has 4 aliphatic rings. The highest BCUT2D eigenvalue weighted by molar-refractivity contribution is 5.91. The van der Waals surface area contributed by atoms with Gasteiger partial charge in [-0.2, -0.15) is 0 Å². The maximum absolute atomic E-state index is 12.6. The van der Waals surface area contributed by atoms with Crippen molar-refractivity contribution in [3.8, 4) is 0 Å². The fourth-order valence-corrected chi connectivity index (χ4v) is 8.85. The van der Waals surface area contributed by atoms with Gasteiger partial charge in [0.2, 0.25) is 0 Å². The number of carbonyl (C=O) groups excluding carboxylic acids is 1. The van der Waals surface area contributed by atoms with Gasteiger partial charge in [-0.1, -0.05) is 48.9 Å². The van der Waals surface area contributed by atoms with Crippen LogP contribution >= 0.6 is 0 Å². The summed E-state index contributed by atoms with van der Waals surface area (Å²) in [5.74, 6) is 2.64. The second kappa shape index (κ2) is 9.59. The summed E-state index contributed by atoms with van der Waals surface area (Å²) in [6, 6.07) is 8.26. The molecule has 6 heteroatoms. The molecule has 1 heterocycles. The second-order valence-electron chi connectivity index (χ2n) is 14.3. The van der Waals surface area contributed by atoms with Gasteiger partial charge in [0.25, 0.3) is 0 Å². The van der Waals surface area contributed by atoms with E-state index in [1.807, 2.05) is 33.3 Å². The first kappa shape index (κ1) is 26.8. The number of aromatic nitrogens is 1. The summed E-state index contributed by atoms with van der Waals surface area (Å²) in [5.41, 5.74) is 4.09. The number of fused-ring (bicyclic) bond motifs is 6. The number of hydrogen-bond acceptors (Lipinski definition) is 5. The molecule has 2 saturated carbocycles. The lowest BCUT2D eigenvalue weighted by Crippen LogP contribution is -2.50. The third kappa shape index (κ3) is 4.67. The Hall–Kier alpha value is -2.44. The highest BCUT2D eigenvalue weighted by Gasteiger charge is 2.57. The zero-order chi connectivity index (χ0) is 27.6. The number of hydrogen-bond donors (Lipinski definition) is 1. The first-order valence-electron chi connectivity index (χ1n) is 14.9. The van der Waals surface area contributed by atoms with Crippen molar-refractivity contribution in [2.24, 2.45) is 28.6 Å². The van der Waals surface area contributed by atoms with Crippen LogP contribution in [0.2, 0.25) is 0 Å². The van der Waals surface area contributed by atoms with E-state index in [1.165, 1.54) is 24.0 Å². The van der Waals surface area contributed by atoms with Gasteiger partial charge in [-0.3, -0.25) is 4.79 Å². The summed E-state index contributed by atoms with van der Waals surface area (Å²) in [6.45, 7) is 5.49. The van der Waals surface area contributed by atoms with Crippen molar-refractivity contribution in [2.75, 3.05) is 27.7 Å². The van der Waals surface area contributed by atoms with Gasteiger partial charge in [0.1, 0.15) is 24.3 Å². The minimum atomic E-state index is -0.669. The van der Waals surface area contributed by atoms with Crippen molar-refractivity contribution >= 4 is 22.4 Å². The van der Waals surface area contributed by atoms with E-state index in [2.05, 4.69) is 43.3 Å². The number of esters is 1. The Kier molecular flexibility index (Phi) is 6.58. The Balaban J connectivity index is 1.15. The Morgan fingerprint density at radius 2 is 1.87 bits per heavy atom. The molecule has 0 bridgehead atoms. The third-order valence-electron chi connectivity index (χ3n) is 10.7. The summed E-state index contributed by atoms with van der Waals surface area (Å²) in [4.78, 5) is 12.6. The molecule has 0 radical (unpaired) electrons. The van der Waals surface area contributed by atoms with Crippen LogP contribution in [0.4, 0.5) is 0 Å². The number of benzene rings is 1. The Morgan fingerprint density at radius 3 is 2.67 bits per heavy atom. The van der Waals surface area contributed by atoms with E-state index in [0.717, 1.165) is 48.8 Å². The third-order valence-corrected chi connectivity index (χ3v) is 10.7. The molecule has 2 fully saturated rings. The number of ether oxygens (including phenoxy) is 1. The number of rotatable bonds is 6. The molecular weight excluding hydrogens is 488 g/mol. The average Bonchev–Trinajstić information content (AvgIpc) is 3.43. The molecule has 0 saturated heterocycles. The summed E-state index contributed by atoms with van der Waals surface area (Å²) >= 11 is 0. The molecule has 1 N–H and O–H groups in total. The van der Waals surface area contributed by atoms with Crippen molar-refractivity contribution in [2.45, 2.75) is 77.4 Å². The summed E-state index contributed by atoms with van der Waals surface area (Å²) in [6.07, 6.45) is 11.7. The monoisotopic (exact) mass is 533 g/mol. The SMILES string of the molecule is CC12CCC(OC(=O)CC(O)C[N+](C)(C)C)CC1=CCC1C2CCC2(C)C(c3onc4ccccc34)=CCC12. The topological polar surface area (TPSA) is 72.6 Å². The normalized spacial score (nSPS) is 34.9. The fourth-order valence-electron chi connectivity index (χ4n) is 8.85. The van der Waals surface area contributed by atoms with Crippen molar-refractivity contribution in [3.63, 3.8) is 0 Å². The molecule has 0 spiro atoms. The summed E-state index contributed by atoms with van der Waals surface area (Å²) < 4.78 is 12.5. The van der Waals surface area contributed by atoms with E-state index in [4.69, 9.17) is 9.26 Å². The predicted octanol–water partition coefficient (Wildman–Crippen LogP) is 6.15. The first-order valence-corrected chi connectivity index (χ1v) is 14.9. The molecule has 0 aliphatic heterocycles. The Bertz CT molecular complexity index is 1320. The van der Waals surface area contributed by atoms with Gasteiger partial charge in [-0.25, -0.2) is 0 Å².